The topological polar surface area (TPSA) is 20.2 Å². The molecule has 0 aromatic heterocycles. The number of benzene rings is 1. The molecule has 0 spiro atoms. The van der Waals surface area contributed by atoms with Crippen LogP contribution < -0.4 is 0 Å². The monoisotopic (exact) mass is 176 g/mol. The van der Waals surface area contributed by atoms with Gasteiger partial charge < -0.3 is 5.11 Å². The van der Waals surface area contributed by atoms with Crippen molar-refractivity contribution in [2.24, 2.45) is 0 Å². The van der Waals surface area contributed by atoms with Gasteiger partial charge in [-0.05, 0) is 17.7 Å². The summed E-state index contributed by atoms with van der Waals surface area (Å²) in [5, 5.41) is 8.36. The lowest BCUT2D eigenvalue weighted by molar-refractivity contribution is 0.179. The molecule has 0 heterocycles. The molecule has 0 aliphatic heterocycles. The second kappa shape index (κ2) is 3.58. The minimum atomic E-state index is -1.65. The van der Waals surface area contributed by atoms with Crippen LogP contribution in [-0.2, 0) is 0 Å². The molecule has 1 unspecified atom stereocenters. The molecule has 0 amide bonds. The molecule has 0 saturated carbocycles. The molecule has 1 atom stereocenters. The summed E-state index contributed by atoms with van der Waals surface area (Å²) < 4.78 is 37.4. The molecule has 0 aliphatic rings. The number of halogens is 3. The molecule has 0 saturated heterocycles. The Morgan fingerprint density at radius 2 is 1.92 bits per heavy atom. The molecule has 1 nitrogen and oxygen atoms in total. The zero-order valence-corrected chi connectivity index (χ0v) is 6.10. The zero-order valence-electron chi connectivity index (χ0n) is 6.10. The van der Waals surface area contributed by atoms with Gasteiger partial charge in [-0.2, -0.15) is 0 Å². The lowest BCUT2D eigenvalue weighted by Gasteiger charge is -2.04. The number of rotatable bonds is 2. The average Bonchev–Trinajstić information content (AvgIpc) is 2.08. The summed E-state index contributed by atoms with van der Waals surface area (Å²) in [5.74, 6) is -2.13. The highest BCUT2D eigenvalue weighted by molar-refractivity contribution is 5.20. The molecule has 1 rings (SSSR count). The van der Waals surface area contributed by atoms with Crippen LogP contribution in [0.3, 0.4) is 0 Å². The minimum Gasteiger partial charge on any atom is -0.393 e. The number of hydrogen-bond acceptors (Lipinski definition) is 1. The first-order valence-corrected chi connectivity index (χ1v) is 3.35. The van der Waals surface area contributed by atoms with E-state index < -0.39 is 24.4 Å². The molecule has 4 heteroatoms. The van der Waals surface area contributed by atoms with Crippen LogP contribution in [0, 0.1) is 11.6 Å². The summed E-state index contributed by atoms with van der Waals surface area (Å²) in [4.78, 5) is 0. The Hall–Kier alpha value is -1.03. The van der Waals surface area contributed by atoms with Crippen LogP contribution in [0.2, 0.25) is 0 Å². The second-order valence-corrected chi connectivity index (χ2v) is 2.32. The van der Waals surface area contributed by atoms with Crippen molar-refractivity contribution < 1.29 is 18.3 Å². The molecule has 12 heavy (non-hydrogen) atoms. The molecule has 1 aromatic rings. The molecule has 0 aliphatic carbocycles. The van der Waals surface area contributed by atoms with Crippen molar-refractivity contribution >= 4 is 0 Å². The Morgan fingerprint density at radius 3 is 2.42 bits per heavy atom. The Bertz CT molecular complexity index is 275. The van der Waals surface area contributed by atoms with E-state index in [0.29, 0.717) is 0 Å². The maximum absolute atomic E-state index is 12.6. The summed E-state index contributed by atoms with van der Waals surface area (Å²) in [7, 11) is 0. The molecular weight excluding hydrogens is 169 g/mol. The highest BCUT2D eigenvalue weighted by Gasteiger charge is 2.10. The van der Waals surface area contributed by atoms with Gasteiger partial charge in [0.1, 0.15) is 6.17 Å². The number of aliphatic hydroxyl groups is 1. The smallest absolute Gasteiger partial charge is 0.159 e. The third-order valence-corrected chi connectivity index (χ3v) is 1.47. The fourth-order valence-electron chi connectivity index (χ4n) is 0.813. The van der Waals surface area contributed by atoms with E-state index in [1.807, 2.05) is 0 Å². The first kappa shape index (κ1) is 9.06. The van der Waals surface area contributed by atoms with Gasteiger partial charge in [-0.1, -0.05) is 6.07 Å². The van der Waals surface area contributed by atoms with Crippen molar-refractivity contribution in [1.29, 1.82) is 0 Å². The van der Waals surface area contributed by atoms with Gasteiger partial charge in [-0.3, -0.25) is 0 Å². The Labute approximate surface area is 67.5 Å². The highest BCUT2D eigenvalue weighted by Crippen LogP contribution is 2.18. The largest absolute Gasteiger partial charge is 0.393 e. The molecule has 1 N–H and O–H groups in total. The maximum atomic E-state index is 12.6. The van der Waals surface area contributed by atoms with Crippen molar-refractivity contribution in [1.82, 2.24) is 0 Å². The van der Waals surface area contributed by atoms with E-state index >= 15 is 0 Å². The van der Waals surface area contributed by atoms with Crippen molar-refractivity contribution in [3.05, 3.63) is 35.4 Å². The van der Waals surface area contributed by atoms with Crippen LogP contribution in [0.15, 0.2) is 18.2 Å². The molecule has 66 valence electrons. The van der Waals surface area contributed by atoms with E-state index in [-0.39, 0.29) is 5.56 Å². The minimum absolute atomic E-state index is 0.0589. The lowest BCUT2D eigenvalue weighted by Crippen LogP contribution is -1.98. The normalized spacial score (nSPS) is 13.0. The zero-order chi connectivity index (χ0) is 9.14. The highest BCUT2D eigenvalue weighted by atomic mass is 19.2. The Morgan fingerprint density at radius 1 is 1.25 bits per heavy atom. The van der Waals surface area contributed by atoms with Gasteiger partial charge in [-0.25, -0.2) is 13.2 Å². The van der Waals surface area contributed by atoms with Crippen molar-refractivity contribution in [3.63, 3.8) is 0 Å². The summed E-state index contributed by atoms with van der Waals surface area (Å²) in [6, 6.07) is 2.66. The van der Waals surface area contributed by atoms with Crippen LogP contribution in [0.25, 0.3) is 0 Å². The summed E-state index contributed by atoms with van der Waals surface area (Å²) in [6.07, 6.45) is -1.65. The fraction of sp³-hybridized carbons (Fsp3) is 0.250. The van der Waals surface area contributed by atoms with Gasteiger partial charge in [0, 0.05) is 0 Å². The Kier molecular flexibility index (Phi) is 2.70. The fourth-order valence-corrected chi connectivity index (χ4v) is 0.813. The predicted octanol–water partition coefficient (Wildman–Crippen LogP) is 1.97. The maximum Gasteiger partial charge on any atom is 0.159 e. The number of hydrogen-bond donors (Lipinski definition) is 1. The van der Waals surface area contributed by atoms with E-state index in [1.54, 1.807) is 0 Å². The second-order valence-electron chi connectivity index (χ2n) is 2.32. The van der Waals surface area contributed by atoms with Crippen molar-refractivity contribution in [2.45, 2.75) is 6.17 Å². The molecular formula is C8H7F3O. The van der Waals surface area contributed by atoms with Gasteiger partial charge in [0.15, 0.2) is 11.6 Å². The SMILES string of the molecule is OCC(F)c1ccc(F)c(F)c1. The first-order chi connectivity index (χ1) is 5.65. The molecule has 0 bridgehead atoms. The van der Waals surface area contributed by atoms with E-state index in [1.165, 1.54) is 0 Å². The van der Waals surface area contributed by atoms with Crippen LogP contribution in [-0.4, -0.2) is 11.7 Å². The molecule has 1 aromatic carbocycles. The molecule has 0 radical (unpaired) electrons. The van der Waals surface area contributed by atoms with E-state index in [4.69, 9.17) is 5.11 Å². The number of aliphatic hydroxyl groups excluding tert-OH is 1. The molecule has 0 fully saturated rings. The van der Waals surface area contributed by atoms with Crippen molar-refractivity contribution in [2.75, 3.05) is 6.61 Å². The predicted molar refractivity (Wildman–Crippen MR) is 37.3 cm³/mol. The van der Waals surface area contributed by atoms with Gasteiger partial charge >= 0.3 is 0 Å². The first-order valence-electron chi connectivity index (χ1n) is 3.35. The summed E-state index contributed by atoms with van der Waals surface area (Å²) in [5.41, 5.74) is -0.0589. The summed E-state index contributed by atoms with van der Waals surface area (Å²) >= 11 is 0. The van der Waals surface area contributed by atoms with Crippen LogP contribution >= 0.6 is 0 Å². The standard InChI is InChI=1S/C8H7F3O/c9-6-2-1-5(3-7(6)10)8(11)4-12/h1-3,8,12H,4H2. The van der Waals surface area contributed by atoms with Crippen LogP contribution in [0.1, 0.15) is 11.7 Å². The van der Waals surface area contributed by atoms with Gasteiger partial charge in [0.25, 0.3) is 0 Å². The van der Waals surface area contributed by atoms with Gasteiger partial charge in [0.2, 0.25) is 0 Å². The summed E-state index contributed by atoms with van der Waals surface area (Å²) in [6.45, 7) is -0.731. The van der Waals surface area contributed by atoms with Crippen molar-refractivity contribution in [3.8, 4) is 0 Å². The van der Waals surface area contributed by atoms with E-state index in [2.05, 4.69) is 0 Å². The Balaban J connectivity index is 2.96. The average molecular weight is 176 g/mol. The number of alkyl halides is 1. The third kappa shape index (κ3) is 1.76. The van der Waals surface area contributed by atoms with E-state index in [0.717, 1.165) is 18.2 Å². The van der Waals surface area contributed by atoms with E-state index in [9.17, 15) is 13.2 Å². The van der Waals surface area contributed by atoms with Crippen LogP contribution in [0.5, 0.6) is 0 Å². The third-order valence-electron chi connectivity index (χ3n) is 1.47. The van der Waals surface area contributed by atoms with Crippen LogP contribution in [0.4, 0.5) is 13.2 Å². The quantitative estimate of drug-likeness (QED) is 0.730. The lowest BCUT2D eigenvalue weighted by atomic mass is 10.1. The van der Waals surface area contributed by atoms with Gasteiger partial charge in [-0.15, -0.1) is 0 Å². The van der Waals surface area contributed by atoms with Gasteiger partial charge in [0.05, 0.1) is 6.61 Å².